The second-order valence-corrected chi connectivity index (χ2v) is 8.78. The maximum atomic E-state index is 12.6. The van der Waals surface area contributed by atoms with Crippen LogP contribution >= 0.6 is 0 Å². The van der Waals surface area contributed by atoms with Gasteiger partial charge in [0.05, 0.1) is 11.0 Å². The van der Waals surface area contributed by atoms with Gasteiger partial charge in [0.2, 0.25) is 11.2 Å². The monoisotopic (exact) mass is 395 g/mol. The number of ether oxygens (including phenoxy) is 1. The highest BCUT2D eigenvalue weighted by Crippen LogP contribution is 2.39. The topological polar surface area (TPSA) is 56.4 Å². The van der Waals surface area contributed by atoms with Crippen molar-refractivity contribution < 1.29 is 14.6 Å². The Bertz CT molecular complexity index is 952. The molecule has 156 valence electrons. The number of aromatic nitrogens is 1. The molecule has 2 atom stereocenters. The van der Waals surface area contributed by atoms with Crippen molar-refractivity contribution in [3.05, 3.63) is 64.0 Å². The molecule has 2 heterocycles. The molecule has 1 N–H and O–H groups in total. The van der Waals surface area contributed by atoms with E-state index in [0.29, 0.717) is 29.8 Å². The van der Waals surface area contributed by atoms with Crippen LogP contribution in [0.2, 0.25) is 0 Å². The third-order valence-electron chi connectivity index (χ3n) is 5.93. The molecule has 0 spiro atoms. The van der Waals surface area contributed by atoms with Crippen molar-refractivity contribution >= 4 is 10.9 Å². The molecule has 1 aromatic heterocycles. The summed E-state index contributed by atoms with van der Waals surface area (Å²) in [4.78, 5) is 0. The molecular weight excluding hydrogens is 362 g/mol. The highest BCUT2D eigenvalue weighted by molar-refractivity contribution is 5.82. The Labute approximate surface area is 174 Å². The van der Waals surface area contributed by atoms with Crippen LogP contribution in [0.5, 0.6) is 5.75 Å². The zero-order valence-electron chi connectivity index (χ0n) is 18.3. The predicted octanol–water partition coefficient (Wildman–Crippen LogP) is 5.31. The van der Waals surface area contributed by atoms with Crippen LogP contribution in [0.25, 0.3) is 10.9 Å². The summed E-state index contributed by atoms with van der Waals surface area (Å²) in [6.45, 7) is 10.0. The van der Waals surface area contributed by atoms with Crippen LogP contribution in [0, 0.1) is 12.1 Å². The fraction of sp³-hybridized carbons (Fsp3) is 0.480. The van der Waals surface area contributed by atoms with Gasteiger partial charge in [0.1, 0.15) is 6.10 Å². The van der Waals surface area contributed by atoms with Gasteiger partial charge in [-0.3, -0.25) is 0 Å². The molecule has 3 rings (SSSR count). The number of nitrogens with zero attached hydrogens (tertiary/aromatic N) is 1. The van der Waals surface area contributed by atoms with E-state index in [0.717, 1.165) is 34.9 Å². The van der Waals surface area contributed by atoms with Gasteiger partial charge in [-0.25, -0.2) is 0 Å². The van der Waals surface area contributed by atoms with Crippen LogP contribution in [-0.4, -0.2) is 16.8 Å². The molecule has 0 saturated heterocycles. The highest BCUT2D eigenvalue weighted by atomic mass is 16.5. The summed E-state index contributed by atoms with van der Waals surface area (Å²) >= 11 is 0. The number of fused-ring (bicyclic) bond motifs is 3. The fourth-order valence-corrected chi connectivity index (χ4v) is 4.06. The predicted molar refractivity (Wildman–Crippen MR) is 118 cm³/mol. The first-order valence-electron chi connectivity index (χ1n) is 10.5. The average Bonchev–Trinajstić information content (AvgIpc) is 3.12. The van der Waals surface area contributed by atoms with E-state index in [-0.39, 0.29) is 6.10 Å². The molecule has 0 amide bonds. The molecule has 4 nitrogen and oxygen atoms in total. The molecule has 1 aliphatic heterocycles. The number of aliphatic hydroxyl groups is 1. The zero-order chi connectivity index (χ0) is 21.2. The number of para-hydroxylation sites is 1. The second kappa shape index (κ2) is 8.58. The Morgan fingerprint density at radius 2 is 1.97 bits per heavy atom. The third-order valence-corrected chi connectivity index (χ3v) is 5.93. The molecule has 0 fully saturated rings. The van der Waals surface area contributed by atoms with Crippen LogP contribution in [0.1, 0.15) is 64.6 Å². The lowest BCUT2D eigenvalue weighted by atomic mass is 9.89. The molecule has 1 aliphatic rings. The Hall–Kier alpha value is -2.33. The summed E-state index contributed by atoms with van der Waals surface area (Å²) < 4.78 is 7.08. The minimum atomic E-state index is -0.961. The summed E-state index contributed by atoms with van der Waals surface area (Å²) in [6, 6.07) is 7.61. The smallest absolute Gasteiger partial charge is 0.232 e. The average molecular weight is 396 g/mol. The maximum absolute atomic E-state index is 12.6. The first-order chi connectivity index (χ1) is 13.7. The van der Waals surface area contributed by atoms with Gasteiger partial charge >= 0.3 is 0 Å². The largest absolute Gasteiger partial charge is 0.618 e. The number of hydrogen-bond acceptors (Lipinski definition) is 3. The molecule has 1 aromatic carbocycles. The fourth-order valence-electron chi connectivity index (χ4n) is 4.06. The lowest BCUT2D eigenvalue weighted by Crippen LogP contribution is -2.42. The number of rotatable bonds is 7. The summed E-state index contributed by atoms with van der Waals surface area (Å²) in [5.74, 6) is 0.637. The Kier molecular flexibility index (Phi) is 6.33. The van der Waals surface area contributed by atoms with Gasteiger partial charge in [-0.2, -0.15) is 4.73 Å². The third kappa shape index (κ3) is 4.64. The van der Waals surface area contributed by atoms with Crippen molar-refractivity contribution in [2.45, 2.75) is 78.4 Å². The Balaban J connectivity index is 1.70. The van der Waals surface area contributed by atoms with Crippen LogP contribution < -0.4 is 9.47 Å². The van der Waals surface area contributed by atoms with Crippen molar-refractivity contribution in [2.24, 2.45) is 0 Å². The van der Waals surface area contributed by atoms with E-state index in [1.165, 1.54) is 11.1 Å². The lowest BCUT2D eigenvalue weighted by Gasteiger charge is -2.29. The number of benzene rings is 1. The van der Waals surface area contributed by atoms with Crippen molar-refractivity contribution in [3.63, 3.8) is 0 Å². The minimum Gasteiger partial charge on any atom is -0.618 e. The first kappa shape index (κ1) is 21.4. The second-order valence-electron chi connectivity index (χ2n) is 8.78. The van der Waals surface area contributed by atoms with Gasteiger partial charge in [-0.15, -0.1) is 0 Å². The summed E-state index contributed by atoms with van der Waals surface area (Å²) in [7, 11) is 0. The van der Waals surface area contributed by atoms with E-state index in [4.69, 9.17) is 4.74 Å². The Morgan fingerprint density at radius 3 is 2.69 bits per heavy atom. The lowest BCUT2D eigenvalue weighted by molar-refractivity contribution is -0.584. The van der Waals surface area contributed by atoms with Crippen LogP contribution in [0.4, 0.5) is 0 Å². The van der Waals surface area contributed by atoms with Gasteiger partial charge in [0.15, 0.2) is 5.75 Å². The summed E-state index contributed by atoms with van der Waals surface area (Å²) in [5.41, 5.74) is 3.99. The minimum absolute atomic E-state index is 0.346. The van der Waals surface area contributed by atoms with Crippen molar-refractivity contribution in [1.29, 1.82) is 0 Å². The normalized spacial score (nSPS) is 18.3. The van der Waals surface area contributed by atoms with Gasteiger partial charge < -0.3 is 15.1 Å². The van der Waals surface area contributed by atoms with Gasteiger partial charge in [-0.05, 0) is 59.4 Å². The van der Waals surface area contributed by atoms with Gasteiger partial charge in [0, 0.05) is 25.0 Å². The number of hydrogen-bond donors (Lipinski definition) is 1. The van der Waals surface area contributed by atoms with Crippen molar-refractivity contribution in [3.8, 4) is 5.75 Å². The van der Waals surface area contributed by atoms with E-state index in [9.17, 15) is 10.3 Å². The molecule has 0 radical (unpaired) electrons. The molecule has 2 aromatic rings. The van der Waals surface area contributed by atoms with Crippen LogP contribution in [-0.2, 0) is 6.42 Å². The SMILES string of the molecule is CC(C)=CCCC(C)=CCCC(C)(O)C1Cc2c(c(C)[n+]([O-])c3ccccc23)O1. The highest BCUT2D eigenvalue weighted by Gasteiger charge is 2.41. The number of pyridine rings is 1. The molecule has 0 bridgehead atoms. The van der Waals surface area contributed by atoms with Gasteiger partial charge in [0.25, 0.3) is 0 Å². The number of allylic oxidation sites excluding steroid dienone is 4. The molecule has 0 aliphatic carbocycles. The van der Waals surface area contributed by atoms with Crippen molar-refractivity contribution in [1.82, 2.24) is 0 Å². The quantitative estimate of drug-likeness (QED) is 0.393. The molecule has 29 heavy (non-hydrogen) atoms. The van der Waals surface area contributed by atoms with E-state index >= 15 is 0 Å². The maximum Gasteiger partial charge on any atom is 0.232 e. The van der Waals surface area contributed by atoms with E-state index in [2.05, 4.69) is 32.9 Å². The molecule has 0 saturated carbocycles. The first-order valence-corrected chi connectivity index (χ1v) is 10.5. The standard InChI is InChI=1S/C25H33NO3/c1-17(2)10-8-11-18(3)12-9-15-25(5,27)23-16-21-20-13-6-7-14-22(20)26(28)19(4)24(21)29-23/h6-7,10,12-14,23,27H,8-9,11,15-16H2,1-5H3. The summed E-state index contributed by atoms with van der Waals surface area (Å²) in [5, 5.41) is 24.6. The molecule has 4 heteroatoms. The van der Waals surface area contributed by atoms with E-state index in [1.807, 2.05) is 31.2 Å². The zero-order valence-corrected chi connectivity index (χ0v) is 18.3. The molecular formula is C25H33NO3. The van der Waals surface area contributed by atoms with Crippen LogP contribution in [0.15, 0.2) is 47.6 Å². The van der Waals surface area contributed by atoms with E-state index < -0.39 is 5.60 Å². The Morgan fingerprint density at radius 1 is 1.24 bits per heavy atom. The van der Waals surface area contributed by atoms with Crippen molar-refractivity contribution in [2.75, 3.05) is 0 Å². The summed E-state index contributed by atoms with van der Waals surface area (Å²) in [6.07, 6.45) is 8.30. The van der Waals surface area contributed by atoms with Crippen LogP contribution in [0.3, 0.4) is 0 Å². The van der Waals surface area contributed by atoms with E-state index in [1.54, 1.807) is 6.92 Å². The van der Waals surface area contributed by atoms with Gasteiger partial charge in [-0.1, -0.05) is 35.4 Å². The molecule has 2 unspecified atom stereocenters.